The summed E-state index contributed by atoms with van der Waals surface area (Å²) >= 11 is 0. The van der Waals surface area contributed by atoms with Gasteiger partial charge in [-0.15, -0.1) is 0 Å². The highest BCUT2D eigenvalue weighted by molar-refractivity contribution is 7.86. The fourth-order valence-electron chi connectivity index (χ4n) is 3.87. The van der Waals surface area contributed by atoms with Crippen molar-refractivity contribution in [3.63, 3.8) is 0 Å². The molecule has 1 aliphatic rings. The van der Waals surface area contributed by atoms with Gasteiger partial charge in [-0.3, -0.25) is 0 Å². The molecular formula is C24H17OP. The first-order valence-corrected chi connectivity index (χ1v) is 10.4. The van der Waals surface area contributed by atoms with E-state index in [1.165, 1.54) is 0 Å². The monoisotopic (exact) mass is 352 g/mol. The molecule has 0 amide bonds. The van der Waals surface area contributed by atoms with E-state index >= 15 is 0 Å². The Morgan fingerprint density at radius 3 is 1.69 bits per heavy atom. The molecule has 0 N–H and O–H groups in total. The van der Waals surface area contributed by atoms with Crippen LogP contribution in [0.2, 0.25) is 0 Å². The van der Waals surface area contributed by atoms with Gasteiger partial charge in [0.1, 0.15) is 0 Å². The predicted molar refractivity (Wildman–Crippen MR) is 110 cm³/mol. The van der Waals surface area contributed by atoms with Crippen LogP contribution in [0.25, 0.3) is 22.3 Å². The molecule has 1 nitrogen and oxygen atoms in total. The predicted octanol–water partition coefficient (Wildman–Crippen LogP) is 4.97. The Morgan fingerprint density at radius 1 is 0.500 bits per heavy atom. The van der Waals surface area contributed by atoms with Crippen LogP contribution >= 0.6 is 7.14 Å². The molecule has 1 aliphatic heterocycles. The SMILES string of the molecule is O=P1(c2cccc(-c3ccccc3)c2)c2ccccc2-c2ccccc21. The fraction of sp³-hybridized carbons (Fsp3) is 0. The molecule has 0 saturated heterocycles. The number of rotatable bonds is 2. The summed E-state index contributed by atoms with van der Waals surface area (Å²) < 4.78 is 14.4. The van der Waals surface area contributed by atoms with Crippen molar-refractivity contribution in [2.24, 2.45) is 0 Å². The van der Waals surface area contributed by atoms with Gasteiger partial charge in [0.15, 0.2) is 7.14 Å². The first kappa shape index (κ1) is 15.4. The molecule has 4 aromatic carbocycles. The van der Waals surface area contributed by atoms with Gasteiger partial charge in [-0.05, 0) is 28.3 Å². The lowest BCUT2D eigenvalue weighted by Crippen LogP contribution is -2.20. The average molecular weight is 352 g/mol. The van der Waals surface area contributed by atoms with Crippen LogP contribution in [0.4, 0.5) is 0 Å². The van der Waals surface area contributed by atoms with Crippen molar-refractivity contribution in [3.8, 4) is 22.3 Å². The first-order valence-electron chi connectivity index (χ1n) is 8.74. The van der Waals surface area contributed by atoms with E-state index in [9.17, 15) is 4.57 Å². The third-order valence-corrected chi connectivity index (χ3v) is 8.24. The summed E-state index contributed by atoms with van der Waals surface area (Å²) in [5.41, 5.74) is 4.43. The van der Waals surface area contributed by atoms with Crippen LogP contribution in [0.15, 0.2) is 103 Å². The maximum atomic E-state index is 14.4. The molecule has 0 fully saturated rings. The molecule has 0 aliphatic carbocycles. The number of fused-ring (bicyclic) bond motifs is 3. The molecule has 0 aromatic heterocycles. The van der Waals surface area contributed by atoms with Gasteiger partial charge in [0.25, 0.3) is 0 Å². The second-order valence-electron chi connectivity index (χ2n) is 6.56. The van der Waals surface area contributed by atoms with E-state index < -0.39 is 7.14 Å². The molecular weight excluding hydrogens is 335 g/mol. The molecule has 0 bridgehead atoms. The molecule has 5 rings (SSSR count). The summed E-state index contributed by atoms with van der Waals surface area (Å²) in [4.78, 5) is 0. The summed E-state index contributed by atoms with van der Waals surface area (Å²) in [7, 11) is -2.85. The molecule has 4 aromatic rings. The van der Waals surface area contributed by atoms with Crippen molar-refractivity contribution >= 4 is 23.1 Å². The van der Waals surface area contributed by atoms with Crippen LogP contribution < -0.4 is 15.9 Å². The largest absolute Gasteiger partial charge is 0.309 e. The summed E-state index contributed by atoms with van der Waals surface area (Å²) in [5.74, 6) is 0. The van der Waals surface area contributed by atoms with E-state index in [0.717, 1.165) is 38.2 Å². The maximum absolute atomic E-state index is 14.4. The topological polar surface area (TPSA) is 17.1 Å². The van der Waals surface area contributed by atoms with Gasteiger partial charge < -0.3 is 4.57 Å². The minimum absolute atomic E-state index is 0.899. The Labute approximate surface area is 153 Å². The highest BCUT2D eigenvalue weighted by Crippen LogP contribution is 2.52. The minimum Gasteiger partial charge on any atom is -0.309 e. The average Bonchev–Trinajstić information content (AvgIpc) is 2.99. The second kappa shape index (κ2) is 5.83. The van der Waals surface area contributed by atoms with Crippen molar-refractivity contribution in [1.29, 1.82) is 0 Å². The molecule has 0 unspecified atom stereocenters. The molecule has 124 valence electrons. The minimum atomic E-state index is -2.85. The van der Waals surface area contributed by atoms with Gasteiger partial charge in [0.05, 0.1) is 0 Å². The summed E-state index contributed by atoms with van der Waals surface area (Å²) in [6.07, 6.45) is 0. The maximum Gasteiger partial charge on any atom is 0.172 e. The summed E-state index contributed by atoms with van der Waals surface area (Å²) in [5, 5.41) is 2.80. The second-order valence-corrected chi connectivity index (χ2v) is 9.26. The molecule has 2 heteroatoms. The molecule has 0 spiro atoms. The third-order valence-electron chi connectivity index (χ3n) is 5.09. The van der Waals surface area contributed by atoms with Crippen molar-refractivity contribution in [2.45, 2.75) is 0 Å². The first-order chi connectivity index (χ1) is 12.8. The van der Waals surface area contributed by atoms with Gasteiger partial charge in [-0.2, -0.15) is 0 Å². The highest BCUT2D eigenvalue weighted by Gasteiger charge is 2.39. The summed E-state index contributed by atoms with van der Waals surface area (Å²) in [6.45, 7) is 0. The standard InChI is InChI=1S/C24H17OP/c25-26(20-12-8-11-19(17-20)18-9-2-1-3-10-18)23-15-6-4-13-21(23)22-14-5-7-16-24(22)26/h1-17H. The number of hydrogen-bond donors (Lipinski definition) is 0. The van der Waals surface area contributed by atoms with E-state index in [1.54, 1.807) is 0 Å². The zero-order valence-corrected chi connectivity index (χ0v) is 15.1. The molecule has 0 radical (unpaired) electrons. The van der Waals surface area contributed by atoms with Crippen molar-refractivity contribution in [2.75, 3.05) is 0 Å². The normalized spacial score (nSPS) is 13.8. The van der Waals surface area contributed by atoms with Crippen LogP contribution in [-0.2, 0) is 4.57 Å². The van der Waals surface area contributed by atoms with Gasteiger partial charge in [0, 0.05) is 15.9 Å². The van der Waals surface area contributed by atoms with Crippen LogP contribution in [0, 0.1) is 0 Å². The Balaban J connectivity index is 1.77. The van der Waals surface area contributed by atoms with E-state index in [-0.39, 0.29) is 0 Å². The fourth-order valence-corrected chi connectivity index (χ4v) is 6.97. The smallest absolute Gasteiger partial charge is 0.172 e. The Kier molecular flexibility index (Phi) is 3.45. The molecule has 0 atom stereocenters. The van der Waals surface area contributed by atoms with E-state index in [1.807, 2.05) is 66.7 Å². The number of benzene rings is 4. The van der Waals surface area contributed by atoms with Gasteiger partial charge in [-0.25, -0.2) is 0 Å². The van der Waals surface area contributed by atoms with Crippen LogP contribution in [0.1, 0.15) is 0 Å². The lowest BCUT2D eigenvalue weighted by Gasteiger charge is -2.16. The zero-order chi connectivity index (χ0) is 17.6. The van der Waals surface area contributed by atoms with Crippen molar-refractivity contribution in [3.05, 3.63) is 103 Å². The van der Waals surface area contributed by atoms with Crippen LogP contribution in [0.3, 0.4) is 0 Å². The lowest BCUT2D eigenvalue weighted by atomic mass is 10.1. The Morgan fingerprint density at radius 2 is 1.04 bits per heavy atom. The van der Waals surface area contributed by atoms with Crippen LogP contribution in [0.5, 0.6) is 0 Å². The Bertz CT molecular complexity index is 1110. The van der Waals surface area contributed by atoms with Gasteiger partial charge in [-0.1, -0.05) is 97.1 Å². The Hall–Kier alpha value is -2.89. The quantitative estimate of drug-likeness (QED) is 0.410. The van der Waals surface area contributed by atoms with Crippen molar-refractivity contribution < 1.29 is 4.57 Å². The molecule has 0 saturated carbocycles. The van der Waals surface area contributed by atoms with Gasteiger partial charge >= 0.3 is 0 Å². The van der Waals surface area contributed by atoms with Crippen LogP contribution in [-0.4, -0.2) is 0 Å². The highest BCUT2D eigenvalue weighted by atomic mass is 31.2. The molecule has 26 heavy (non-hydrogen) atoms. The van der Waals surface area contributed by atoms with E-state index in [2.05, 4.69) is 36.4 Å². The molecule has 1 heterocycles. The lowest BCUT2D eigenvalue weighted by molar-refractivity contribution is 0.593. The van der Waals surface area contributed by atoms with Crippen molar-refractivity contribution in [1.82, 2.24) is 0 Å². The third kappa shape index (κ3) is 2.14. The zero-order valence-electron chi connectivity index (χ0n) is 14.2. The van der Waals surface area contributed by atoms with E-state index in [0.29, 0.717) is 0 Å². The van der Waals surface area contributed by atoms with Gasteiger partial charge in [0.2, 0.25) is 0 Å². The van der Waals surface area contributed by atoms with E-state index in [4.69, 9.17) is 0 Å². The summed E-state index contributed by atoms with van der Waals surface area (Å²) in [6, 6.07) is 34.7. The number of hydrogen-bond acceptors (Lipinski definition) is 1.